The minimum atomic E-state index is -1.84. The maximum atomic E-state index is 11.6. The second-order valence-corrected chi connectivity index (χ2v) is 4.87. The van der Waals surface area contributed by atoms with Crippen LogP contribution in [0.3, 0.4) is 0 Å². The molecule has 110 valence electrons. The van der Waals surface area contributed by atoms with Crippen LogP contribution in [0.4, 0.5) is 0 Å². The first-order valence-corrected chi connectivity index (χ1v) is 6.44. The Bertz CT molecular complexity index is 647. The number of carbonyl (C=O) groups is 1. The van der Waals surface area contributed by atoms with E-state index in [1.807, 2.05) is 6.07 Å². The van der Waals surface area contributed by atoms with Gasteiger partial charge in [-0.15, -0.1) is 0 Å². The van der Waals surface area contributed by atoms with Crippen molar-refractivity contribution >= 4 is 35.1 Å². The summed E-state index contributed by atoms with van der Waals surface area (Å²) in [5.74, 6) is 0.435. The number of carbonyl (C=O) groups excluding carboxylic acids is 2. The monoisotopic (exact) mass is 327 g/mol. The summed E-state index contributed by atoms with van der Waals surface area (Å²) in [5, 5.41) is 10.1. The molecule has 1 rings (SSSR count). The van der Waals surface area contributed by atoms with Gasteiger partial charge in [-0.3, -0.25) is 0 Å². The van der Waals surface area contributed by atoms with Gasteiger partial charge in [-0.1, -0.05) is 29.3 Å². The summed E-state index contributed by atoms with van der Waals surface area (Å²) in [6, 6.07) is 6.44. The van der Waals surface area contributed by atoms with Gasteiger partial charge < -0.3 is 9.47 Å². The molecule has 0 radical (unpaired) electrons. The van der Waals surface area contributed by atoms with E-state index in [4.69, 9.17) is 27.9 Å². The van der Waals surface area contributed by atoms with Crippen molar-refractivity contribution in [2.75, 3.05) is 14.2 Å². The van der Waals surface area contributed by atoms with Gasteiger partial charge in [-0.2, -0.15) is 5.26 Å². The zero-order chi connectivity index (χ0) is 16.0. The molecule has 1 unspecified atom stereocenters. The highest BCUT2D eigenvalue weighted by molar-refractivity contribution is 6.35. The predicted octanol–water partition coefficient (Wildman–Crippen LogP) is 2.38. The van der Waals surface area contributed by atoms with Crippen molar-refractivity contribution in [2.45, 2.75) is 12.0 Å². The molecule has 0 heterocycles. The Balaban J connectivity index is 3.33. The van der Waals surface area contributed by atoms with E-state index < -0.39 is 17.1 Å². The maximum absolute atomic E-state index is 11.6. The van der Waals surface area contributed by atoms with E-state index in [9.17, 15) is 14.9 Å². The normalized spacial score (nSPS) is 12.7. The van der Waals surface area contributed by atoms with Crippen molar-refractivity contribution in [3.8, 4) is 6.07 Å². The highest BCUT2D eigenvalue weighted by Crippen LogP contribution is 2.30. The predicted molar refractivity (Wildman–Crippen MR) is 76.7 cm³/mol. The highest BCUT2D eigenvalue weighted by Gasteiger charge is 2.41. The van der Waals surface area contributed by atoms with E-state index in [0.717, 1.165) is 7.11 Å². The second kappa shape index (κ2) is 7.26. The third-order valence-corrected chi connectivity index (χ3v) is 3.47. The SMILES string of the molecule is COC(=O)C(=C=O)C(C#N)(Cc1ccc(Cl)cc1Cl)OC. The minimum absolute atomic E-state index is 0.129. The minimum Gasteiger partial charge on any atom is -0.465 e. The van der Waals surface area contributed by atoms with Crippen molar-refractivity contribution in [1.82, 2.24) is 0 Å². The summed E-state index contributed by atoms with van der Waals surface area (Å²) in [5.41, 5.74) is -1.91. The Morgan fingerprint density at radius 1 is 1.38 bits per heavy atom. The summed E-state index contributed by atoms with van der Waals surface area (Å²) in [6.45, 7) is 0. The van der Waals surface area contributed by atoms with E-state index in [1.54, 1.807) is 12.1 Å². The fraction of sp³-hybridized carbons (Fsp3) is 0.286. The molecule has 0 aliphatic rings. The van der Waals surface area contributed by atoms with Crippen molar-refractivity contribution in [1.29, 1.82) is 5.26 Å². The Kier molecular flexibility index (Phi) is 5.95. The van der Waals surface area contributed by atoms with Crippen LogP contribution in [0.5, 0.6) is 0 Å². The molecule has 0 amide bonds. The zero-order valence-electron chi connectivity index (χ0n) is 11.3. The van der Waals surface area contributed by atoms with Gasteiger partial charge in [0.05, 0.1) is 7.11 Å². The van der Waals surface area contributed by atoms with Gasteiger partial charge in [-0.05, 0) is 17.7 Å². The number of nitrogens with zero attached hydrogens (tertiary/aromatic N) is 1. The van der Waals surface area contributed by atoms with Crippen molar-refractivity contribution in [3.63, 3.8) is 0 Å². The van der Waals surface area contributed by atoms with Crippen LogP contribution in [0.1, 0.15) is 5.56 Å². The number of hydrogen-bond donors (Lipinski definition) is 0. The number of halogens is 2. The van der Waals surface area contributed by atoms with Crippen LogP contribution in [0, 0.1) is 11.3 Å². The molecule has 0 saturated carbocycles. The molecule has 1 aromatic rings. The van der Waals surface area contributed by atoms with Crippen LogP contribution in [-0.4, -0.2) is 31.7 Å². The number of hydrogen-bond acceptors (Lipinski definition) is 5. The lowest BCUT2D eigenvalue weighted by molar-refractivity contribution is -0.138. The average molecular weight is 328 g/mol. The smallest absolute Gasteiger partial charge is 0.349 e. The third kappa shape index (κ3) is 3.63. The van der Waals surface area contributed by atoms with Crippen LogP contribution in [0.25, 0.3) is 0 Å². The van der Waals surface area contributed by atoms with Crippen molar-refractivity contribution < 1.29 is 19.1 Å². The molecule has 0 spiro atoms. The fourth-order valence-corrected chi connectivity index (χ4v) is 2.20. The Hall–Kier alpha value is -1.83. The zero-order valence-corrected chi connectivity index (χ0v) is 12.8. The summed E-state index contributed by atoms with van der Waals surface area (Å²) < 4.78 is 9.58. The molecule has 5 nitrogen and oxygen atoms in total. The molecule has 0 bridgehead atoms. The average Bonchev–Trinajstić information content (AvgIpc) is 2.48. The third-order valence-electron chi connectivity index (χ3n) is 2.88. The molecule has 21 heavy (non-hydrogen) atoms. The molecular formula is C14H11Cl2NO4. The first-order valence-electron chi connectivity index (χ1n) is 5.68. The molecule has 7 heteroatoms. The van der Waals surface area contributed by atoms with Gasteiger partial charge in [-0.25, -0.2) is 9.59 Å². The molecule has 1 atom stereocenters. The van der Waals surface area contributed by atoms with Crippen LogP contribution in [0.2, 0.25) is 10.0 Å². The van der Waals surface area contributed by atoms with Gasteiger partial charge in [0.25, 0.3) is 0 Å². The van der Waals surface area contributed by atoms with Gasteiger partial charge in [0.1, 0.15) is 12.0 Å². The topological polar surface area (TPSA) is 76.4 Å². The first kappa shape index (κ1) is 17.2. The van der Waals surface area contributed by atoms with Crippen LogP contribution in [-0.2, 0) is 25.5 Å². The number of nitriles is 1. The van der Waals surface area contributed by atoms with E-state index in [2.05, 4.69) is 4.74 Å². The first-order chi connectivity index (χ1) is 9.93. The van der Waals surface area contributed by atoms with E-state index in [1.165, 1.54) is 19.1 Å². The lowest BCUT2D eigenvalue weighted by Crippen LogP contribution is -2.39. The van der Waals surface area contributed by atoms with Crippen molar-refractivity contribution in [3.05, 3.63) is 39.4 Å². The number of esters is 1. The standard InChI is InChI=1S/C14H11Cl2NO4/c1-20-13(19)11(7-18)14(8-17,21-2)6-9-3-4-10(15)5-12(9)16/h3-5H,6H2,1-2H3. The lowest BCUT2D eigenvalue weighted by Gasteiger charge is -2.24. The molecule has 0 N–H and O–H groups in total. The second-order valence-electron chi connectivity index (χ2n) is 4.02. The van der Waals surface area contributed by atoms with E-state index in [-0.39, 0.29) is 11.4 Å². The Morgan fingerprint density at radius 2 is 2.05 bits per heavy atom. The van der Waals surface area contributed by atoms with Gasteiger partial charge in [0, 0.05) is 23.6 Å². The summed E-state index contributed by atoms with van der Waals surface area (Å²) in [4.78, 5) is 22.7. The highest BCUT2D eigenvalue weighted by atomic mass is 35.5. The quantitative estimate of drug-likeness (QED) is 0.471. The van der Waals surface area contributed by atoms with Gasteiger partial charge >= 0.3 is 5.97 Å². The van der Waals surface area contributed by atoms with Crippen LogP contribution >= 0.6 is 23.2 Å². The van der Waals surface area contributed by atoms with E-state index >= 15 is 0 Å². The molecule has 0 fully saturated rings. The van der Waals surface area contributed by atoms with Crippen molar-refractivity contribution in [2.24, 2.45) is 0 Å². The molecule has 0 saturated heterocycles. The van der Waals surface area contributed by atoms with Gasteiger partial charge in [0.15, 0.2) is 5.57 Å². The fourth-order valence-electron chi connectivity index (χ4n) is 1.73. The number of benzene rings is 1. The molecule has 0 aliphatic carbocycles. The lowest BCUT2D eigenvalue weighted by atomic mass is 9.88. The number of ether oxygens (including phenoxy) is 2. The Morgan fingerprint density at radius 3 is 2.48 bits per heavy atom. The summed E-state index contributed by atoms with van der Waals surface area (Å²) in [7, 11) is 2.29. The summed E-state index contributed by atoms with van der Waals surface area (Å²) >= 11 is 11.8. The van der Waals surface area contributed by atoms with Crippen LogP contribution < -0.4 is 0 Å². The molecular weight excluding hydrogens is 317 g/mol. The van der Waals surface area contributed by atoms with Crippen LogP contribution in [0.15, 0.2) is 23.8 Å². The van der Waals surface area contributed by atoms with Gasteiger partial charge in [0.2, 0.25) is 5.60 Å². The molecule has 1 aromatic carbocycles. The number of methoxy groups -OCH3 is 2. The Labute approximate surface area is 131 Å². The molecule has 0 aromatic heterocycles. The maximum Gasteiger partial charge on any atom is 0.349 e. The molecule has 0 aliphatic heterocycles. The van der Waals surface area contributed by atoms with E-state index in [0.29, 0.717) is 10.6 Å². The largest absolute Gasteiger partial charge is 0.465 e. The number of rotatable bonds is 5. The summed E-state index contributed by atoms with van der Waals surface area (Å²) in [6.07, 6.45) is -0.129.